The van der Waals surface area contributed by atoms with Gasteiger partial charge in [-0.15, -0.1) is 0 Å². The van der Waals surface area contributed by atoms with Crippen molar-refractivity contribution in [2.45, 2.75) is 0 Å². The molecule has 92 valence electrons. The van der Waals surface area contributed by atoms with Gasteiger partial charge in [0.1, 0.15) is 17.3 Å². The molecule has 0 atom stereocenters. The first-order valence-corrected chi connectivity index (χ1v) is 5.50. The number of benzene rings is 1. The standard InChI is InChI=1S/C13H9ClFNO2/c1-18-8-4-5-9(11(15)7-8)13(17)12-10(14)3-2-6-16-12/h2-7H,1H3. The molecule has 0 aliphatic rings. The Labute approximate surface area is 108 Å². The molecule has 0 saturated heterocycles. The Morgan fingerprint density at radius 1 is 1.39 bits per heavy atom. The Hall–Kier alpha value is -1.94. The highest BCUT2D eigenvalue weighted by atomic mass is 35.5. The SMILES string of the molecule is COc1ccc(C(=O)c2ncccc2Cl)c(F)c1. The van der Waals surface area contributed by atoms with Crippen molar-refractivity contribution in [1.82, 2.24) is 4.98 Å². The number of ketones is 1. The van der Waals surface area contributed by atoms with Gasteiger partial charge in [0.05, 0.1) is 17.7 Å². The van der Waals surface area contributed by atoms with Crippen LogP contribution in [0.3, 0.4) is 0 Å². The third kappa shape index (κ3) is 2.33. The lowest BCUT2D eigenvalue weighted by Gasteiger charge is -2.05. The average Bonchev–Trinajstić information content (AvgIpc) is 2.38. The molecule has 2 rings (SSSR count). The van der Waals surface area contributed by atoms with Crippen LogP contribution in [0.1, 0.15) is 16.1 Å². The number of pyridine rings is 1. The molecule has 0 amide bonds. The van der Waals surface area contributed by atoms with E-state index in [0.717, 1.165) is 6.07 Å². The first-order chi connectivity index (χ1) is 8.63. The van der Waals surface area contributed by atoms with Crippen LogP contribution in [0.15, 0.2) is 36.5 Å². The van der Waals surface area contributed by atoms with Gasteiger partial charge >= 0.3 is 0 Å². The molecule has 0 radical (unpaired) electrons. The van der Waals surface area contributed by atoms with Gasteiger partial charge in [0.25, 0.3) is 0 Å². The number of nitrogens with zero attached hydrogens (tertiary/aromatic N) is 1. The van der Waals surface area contributed by atoms with E-state index in [2.05, 4.69) is 4.98 Å². The number of methoxy groups -OCH3 is 1. The average molecular weight is 266 g/mol. The normalized spacial score (nSPS) is 10.2. The summed E-state index contributed by atoms with van der Waals surface area (Å²) in [5.74, 6) is -0.877. The van der Waals surface area contributed by atoms with Gasteiger partial charge < -0.3 is 4.74 Å². The highest BCUT2D eigenvalue weighted by molar-refractivity contribution is 6.34. The van der Waals surface area contributed by atoms with Crippen molar-refractivity contribution in [3.8, 4) is 5.75 Å². The number of halogens is 2. The molecular weight excluding hydrogens is 257 g/mol. The van der Waals surface area contributed by atoms with Gasteiger partial charge in [-0.25, -0.2) is 4.39 Å². The molecule has 5 heteroatoms. The molecule has 3 nitrogen and oxygen atoms in total. The van der Waals surface area contributed by atoms with E-state index < -0.39 is 11.6 Å². The zero-order chi connectivity index (χ0) is 13.1. The summed E-state index contributed by atoms with van der Waals surface area (Å²) in [6.45, 7) is 0. The predicted octanol–water partition coefficient (Wildman–Crippen LogP) is 3.11. The second-order valence-corrected chi connectivity index (χ2v) is 3.92. The quantitative estimate of drug-likeness (QED) is 0.801. The summed E-state index contributed by atoms with van der Waals surface area (Å²) in [7, 11) is 1.42. The van der Waals surface area contributed by atoms with Crippen LogP contribution in [-0.4, -0.2) is 17.9 Å². The Morgan fingerprint density at radius 3 is 2.78 bits per heavy atom. The van der Waals surface area contributed by atoms with Gasteiger partial charge in [0, 0.05) is 12.3 Å². The monoisotopic (exact) mass is 265 g/mol. The molecule has 0 aliphatic carbocycles. The Bertz CT molecular complexity index is 601. The molecule has 2 aromatic rings. The Morgan fingerprint density at radius 2 is 2.17 bits per heavy atom. The molecule has 0 spiro atoms. The summed E-state index contributed by atoms with van der Waals surface area (Å²) < 4.78 is 18.6. The molecule has 0 aliphatic heterocycles. The van der Waals surface area contributed by atoms with Crippen LogP contribution in [0.2, 0.25) is 5.02 Å². The number of aromatic nitrogens is 1. The fourth-order valence-electron chi connectivity index (χ4n) is 1.49. The van der Waals surface area contributed by atoms with E-state index in [9.17, 15) is 9.18 Å². The number of carbonyl (C=O) groups is 1. The number of carbonyl (C=O) groups excluding carboxylic acids is 1. The molecular formula is C13H9ClFNO2. The van der Waals surface area contributed by atoms with Crippen LogP contribution in [-0.2, 0) is 0 Å². The molecule has 0 saturated carbocycles. The fourth-order valence-corrected chi connectivity index (χ4v) is 1.69. The zero-order valence-corrected chi connectivity index (χ0v) is 10.2. The molecule has 1 aromatic carbocycles. The molecule has 0 unspecified atom stereocenters. The predicted molar refractivity (Wildman–Crippen MR) is 65.6 cm³/mol. The first-order valence-electron chi connectivity index (χ1n) is 5.12. The second kappa shape index (κ2) is 5.14. The van der Waals surface area contributed by atoms with Crippen molar-refractivity contribution in [2.24, 2.45) is 0 Å². The minimum atomic E-state index is -0.666. The largest absolute Gasteiger partial charge is 0.497 e. The van der Waals surface area contributed by atoms with Crippen molar-refractivity contribution < 1.29 is 13.9 Å². The summed E-state index contributed by atoms with van der Waals surface area (Å²) >= 11 is 5.85. The molecule has 0 N–H and O–H groups in total. The maximum absolute atomic E-state index is 13.7. The third-order valence-corrected chi connectivity index (χ3v) is 2.70. The minimum absolute atomic E-state index is 0.0308. The maximum Gasteiger partial charge on any atom is 0.215 e. The minimum Gasteiger partial charge on any atom is -0.497 e. The van der Waals surface area contributed by atoms with E-state index in [1.165, 1.54) is 31.5 Å². The zero-order valence-electron chi connectivity index (χ0n) is 9.48. The van der Waals surface area contributed by atoms with Gasteiger partial charge in [-0.2, -0.15) is 0 Å². The van der Waals surface area contributed by atoms with Gasteiger partial charge in [0.15, 0.2) is 0 Å². The smallest absolute Gasteiger partial charge is 0.215 e. The van der Waals surface area contributed by atoms with Gasteiger partial charge in [0.2, 0.25) is 5.78 Å². The summed E-state index contributed by atoms with van der Waals surface area (Å²) in [5.41, 5.74) is -0.0559. The summed E-state index contributed by atoms with van der Waals surface area (Å²) in [5, 5.41) is 0.192. The summed E-state index contributed by atoms with van der Waals surface area (Å²) in [6, 6.07) is 7.13. The Balaban J connectivity index is 2.44. The van der Waals surface area contributed by atoms with Crippen molar-refractivity contribution in [3.05, 3.63) is 58.6 Å². The maximum atomic E-state index is 13.7. The summed E-state index contributed by atoms with van der Waals surface area (Å²) in [4.78, 5) is 15.9. The molecule has 0 bridgehead atoms. The van der Waals surface area contributed by atoms with Crippen LogP contribution >= 0.6 is 11.6 Å². The number of rotatable bonds is 3. The van der Waals surface area contributed by atoms with E-state index in [4.69, 9.17) is 16.3 Å². The van der Waals surface area contributed by atoms with Gasteiger partial charge in [-0.1, -0.05) is 11.6 Å². The lowest BCUT2D eigenvalue weighted by Crippen LogP contribution is -2.07. The van der Waals surface area contributed by atoms with Gasteiger partial charge in [-0.05, 0) is 24.3 Å². The third-order valence-electron chi connectivity index (χ3n) is 2.39. The topological polar surface area (TPSA) is 39.2 Å². The highest BCUT2D eigenvalue weighted by Crippen LogP contribution is 2.21. The first kappa shape index (κ1) is 12.5. The van der Waals surface area contributed by atoms with E-state index >= 15 is 0 Å². The van der Waals surface area contributed by atoms with E-state index in [1.807, 2.05) is 0 Å². The summed E-state index contributed by atoms with van der Waals surface area (Å²) in [6.07, 6.45) is 1.43. The highest BCUT2D eigenvalue weighted by Gasteiger charge is 2.18. The number of hydrogen-bond donors (Lipinski definition) is 0. The van der Waals surface area contributed by atoms with Gasteiger partial charge in [-0.3, -0.25) is 9.78 Å². The fraction of sp³-hybridized carbons (Fsp3) is 0.0769. The van der Waals surface area contributed by atoms with Crippen molar-refractivity contribution >= 4 is 17.4 Å². The molecule has 0 fully saturated rings. The van der Waals surface area contributed by atoms with E-state index in [1.54, 1.807) is 6.07 Å². The lowest BCUT2D eigenvalue weighted by atomic mass is 10.1. The van der Waals surface area contributed by atoms with Crippen LogP contribution in [0.25, 0.3) is 0 Å². The van der Waals surface area contributed by atoms with Crippen LogP contribution in [0.5, 0.6) is 5.75 Å². The number of ether oxygens (including phenoxy) is 1. The Kier molecular flexibility index (Phi) is 3.58. The van der Waals surface area contributed by atoms with Crippen molar-refractivity contribution in [3.63, 3.8) is 0 Å². The van der Waals surface area contributed by atoms with Crippen LogP contribution in [0, 0.1) is 5.82 Å². The molecule has 18 heavy (non-hydrogen) atoms. The van der Waals surface area contributed by atoms with Crippen molar-refractivity contribution in [1.29, 1.82) is 0 Å². The lowest BCUT2D eigenvalue weighted by molar-refractivity contribution is 0.103. The van der Waals surface area contributed by atoms with Crippen molar-refractivity contribution in [2.75, 3.05) is 7.11 Å². The second-order valence-electron chi connectivity index (χ2n) is 3.51. The van der Waals surface area contributed by atoms with E-state index in [0.29, 0.717) is 5.75 Å². The van der Waals surface area contributed by atoms with E-state index in [-0.39, 0.29) is 16.3 Å². The number of hydrogen-bond acceptors (Lipinski definition) is 3. The molecule has 1 heterocycles. The van der Waals surface area contributed by atoms with Crippen LogP contribution in [0.4, 0.5) is 4.39 Å². The molecule has 1 aromatic heterocycles. The van der Waals surface area contributed by atoms with Crippen LogP contribution < -0.4 is 4.74 Å².